The van der Waals surface area contributed by atoms with Crippen LogP contribution in [-0.2, 0) is 33.4 Å². The number of aliphatic carboxylic acids is 1. The molecule has 0 fully saturated rings. The second-order valence-corrected chi connectivity index (χ2v) is 9.71. The maximum Gasteiger partial charge on any atom is 0.303 e. The Hall–Kier alpha value is -2.12. The number of carboxylic acids is 1. The largest absolute Gasteiger partial charge is 0.481 e. The van der Waals surface area contributed by atoms with Gasteiger partial charge in [0.25, 0.3) is 0 Å². The van der Waals surface area contributed by atoms with Crippen molar-refractivity contribution >= 4 is 23.9 Å². The minimum absolute atomic E-state index is 0.145. The highest BCUT2D eigenvalue weighted by Gasteiger charge is 2.27. The van der Waals surface area contributed by atoms with Crippen LogP contribution in [0.5, 0.6) is 0 Å². The number of carbonyl (C=O) groups is 4. The quantitative estimate of drug-likeness (QED) is 0.0931. The molecule has 210 valence electrons. The van der Waals surface area contributed by atoms with Crippen molar-refractivity contribution in [3.8, 4) is 0 Å². The Kier molecular flexibility index (Phi) is 20.8. The molecule has 1 N–H and O–H groups in total. The number of esters is 3. The topological polar surface area (TPSA) is 116 Å². The number of ether oxygens (including phenoxy) is 3. The second-order valence-electron chi connectivity index (χ2n) is 9.71. The molecule has 0 unspecified atom stereocenters. The zero-order valence-electron chi connectivity index (χ0n) is 23.1. The summed E-state index contributed by atoms with van der Waals surface area (Å²) in [6.07, 6.45) is 13.3. The van der Waals surface area contributed by atoms with Gasteiger partial charge in [0.2, 0.25) is 0 Å². The molecule has 0 aromatic carbocycles. The molecular formula is C28H50O8. The highest BCUT2D eigenvalue weighted by molar-refractivity contribution is 5.67. The lowest BCUT2D eigenvalue weighted by Gasteiger charge is -2.27. The van der Waals surface area contributed by atoms with Crippen LogP contribution in [-0.4, -0.2) is 47.3 Å². The SMILES string of the molecule is CCCCCCCCC[C@H](CCC[C@H](OC(C)=O)[C@H](CCCCCCC(=O)O)OC(C)=O)OC(C)=O. The van der Waals surface area contributed by atoms with Crippen LogP contribution < -0.4 is 0 Å². The van der Waals surface area contributed by atoms with E-state index >= 15 is 0 Å². The third kappa shape index (κ3) is 21.2. The van der Waals surface area contributed by atoms with Gasteiger partial charge in [0.15, 0.2) is 0 Å². The molecule has 0 bridgehead atoms. The van der Waals surface area contributed by atoms with E-state index in [1.165, 1.54) is 52.9 Å². The van der Waals surface area contributed by atoms with E-state index in [2.05, 4.69) is 6.92 Å². The van der Waals surface area contributed by atoms with Gasteiger partial charge in [-0.2, -0.15) is 0 Å². The van der Waals surface area contributed by atoms with E-state index in [9.17, 15) is 19.2 Å². The first-order valence-corrected chi connectivity index (χ1v) is 13.9. The maximum absolute atomic E-state index is 11.7. The molecule has 0 spiro atoms. The number of carbonyl (C=O) groups excluding carboxylic acids is 3. The number of hydrogen-bond acceptors (Lipinski definition) is 7. The summed E-state index contributed by atoms with van der Waals surface area (Å²) < 4.78 is 16.6. The van der Waals surface area contributed by atoms with Crippen LogP contribution in [0, 0.1) is 0 Å². The summed E-state index contributed by atoms with van der Waals surface area (Å²) in [5.41, 5.74) is 0. The van der Waals surface area contributed by atoms with Crippen LogP contribution in [0.25, 0.3) is 0 Å². The molecule has 0 aromatic heterocycles. The lowest BCUT2D eigenvalue weighted by Crippen LogP contribution is -2.34. The fraction of sp³-hybridized carbons (Fsp3) is 0.857. The number of carboxylic acid groups (broad SMARTS) is 1. The van der Waals surface area contributed by atoms with E-state index < -0.39 is 30.1 Å². The van der Waals surface area contributed by atoms with Gasteiger partial charge in [0.05, 0.1) is 0 Å². The number of unbranched alkanes of at least 4 members (excludes halogenated alkanes) is 9. The van der Waals surface area contributed by atoms with Gasteiger partial charge in [0, 0.05) is 27.2 Å². The van der Waals surface area contributed by atoms with E-state index in [1.54, 1.807) is 0 Å². The molecule has 0 aliphatic rings. The summed E-state index contributed by atoms with van der Waals surface area (Å²) in [7, 11) is 0. The molecule has 0 heterocycles. The summed E-state index contributed by atoms with van der Waals surface area (Å²) in [4.78, 5) is 45.7. The van der Waals surface area contributed by atoms with Crippen LogP contribution in [0.4, 0.5) is 0 Å². The van der Waals surface area contributed by atoms with Gasteiger partial charge in [-0.3, -0.25) is 19.2 Å². The predicted octanol–water partition coefficient (Wildman–Crippen LogP) is 6.52. The Morgan fingerprint density at radius 3 is 1.47 bits per heavy atom. The molecule has 36 heavy (non-hydrogen) atoms. The summed E-state index contributed by atoms with van der Waals surface area (Å²) >= 11 is 0. The molecule has 0 aliphatic carbocycles. The lowest BCUT2D eigenvalue weighted by molar-refractivity contribution is -0.166. The Morgan fingerprint density at radius 1 is 0.556 bits per heavy atom. The van der Waals surface area contributed by atoms with Gasteiger partial charge in [0.1, 0.15) is 18.3 Å². The summed E-state index contributed by atoms with van der Waals surface area (Å²) in [6.45, 7) is 6.30. The van der Waals surface area contributed by atoms with Crippen LogP contribution >= 0.6 is 0 Å². The predicted molar refractivity (Wildman–Crippen MR) is 138 cm³/mol. The van der Waals surface area contributed by atoms with Crippen molar-refractivity contribution in [1.82, 2.24) is 0 Å². The molecule has 0 saturated carbocycles. The molecule has 0 radical (unpaired) electrons. The molecule has 8 nitrogen and oxygen atoms in total. The van der Waals surface area contributed by atoms with Crippen LogP contribution in [0.15, 0.2) is 0 Å². The van der Waals surface area contributed by atoms with Gasteiger partial charge in [-0.15, -0.1) is 0 Å². The van der Waals surface area contributed by atoms with Gasteiger partial charge >= 0.3 is 23.9 Å². The number of rotatable bonds is 23. The van der Waals surface area contributed by atoms with Crippen LogP contribution in [0.3, 0.4) is 0 Å². The minimum atomic E-state index is -0.804. The average Bonchev–Trinajstić information content (AvgIpc) is 2.78. The standard InChI is InChI=1S/C28H50O8/c1-5-6-7-8-9-10-13-17-25(34-22(2)29)18-16-20-27(36-24(4)31)26(35-23(3)30)19-14-11-12-15-21-28(32)33/h25-27H,5-21H2,1-4H3,(H,32,33)/t25-,26+,27+/m1/s1. The first-order chi connectivity index (χ1) is 17.1. The first-order valence-electron chi connectivity index (χ1n) is 13.9. The van der Waals surface area contributed by atoms with E-state index in [-0.39, 0.29) is 18.5 Å². The third-order valence-electron chi connectivity index (χ3n) is 6.16. The fourth-order valence-corrected chi connectivity index (χ4v) is 4.42. The first kappa shape index (κ1) is 33.9. The van der Waals surface area contributed by atoms with Crippen molar-refractivity contribution in [2.24, 2.45) is 0 Å². The normalized spacial score (nSPS) is 13.4. The Morgan fingerprint density at radius 2 is 0.972 bits per heavy atom. The summed E-state index contributed by atoms with van der Waals surface area (Å²) in [5, 5.41) is 8.75. The van der Waals surface area contributed by atoms with E-state index in [0.29, 0.717) is 32.1 Å². The molecular weight excluding hydrogens is 464 g/mol. The van der Waals surface area contributed by atoms with Gasteiger partial charge in [-0.1, -0.05) is 58.3 Å². The smallest absolute Gasteiger partial charge is 0.303 e. The summed E-state index contributed by atoms with van der Waals surface area (Å²) in [6, 6.07) is 0. The van der Waals surface area contributed by atoms with Gasteiger partial charge in [-0.25, -0.2) is 0 Å². The van der Waals surface area contributed by atoms with Crippen molar-refractivity contribution in [2.45, 2.75) is 155 Å². The van der Waals surface area contributed by atoms with Crippen LogP contribution in [0.2, 0.25) is 0 Å². The average molecular weight is 515 g/mol. The second kappa shape index (κ2) is 22.1. The molecule has 0 rings (SSSR count). The van der Waals surface area contributed by atoms with Crippen molar-refractivity contribution in [2.75, 3.05) is 0 Å². The van der Waals surface area contributed by atoms with Crippen LogP contribution in [0.1, 0.15) is 137 Å². The van der Waals surface area contributed by atoms with E-state index in [4.69, 9.17) is 19.3 Å². The Bertz CT molecular complexity index is 619. The van der Waals surface area contributed by atoms with Crippen molar-refractivity contribution in [3.63, 3.8) is 0 Å². The molecule has 3 atom stereocenters. The lowest BCUT2D eigenvalue weighted by atomic mass is 9.98. The molecule has 0 aromatic rings. The van der Waals surface area contributed by atoms with E-state index in [0.717, 1.165) is 38.5 Å². The zero-order valence-corrected chi connectivity index (χ0v) is 23.1. The Labute approximate surface area is 217 Å². The molecule has 0 amide bonds. The van der Waals surface area contributed by atoms with E-state index in [1.807, 2.05) is 0 Å². The third-order valence-corrected chi connectivity index (χ3v) is 6.16. The van der Waals surface area contributed by atoms with Gasteiger partial charge < -0.3 is 19.3 Å². The monoisotopic (exact) mass is 514 g/mol. The molecule has 0 saturated heterocycles. The van der Waals surface area contributed by atoms with Gasteiger partial charge in [-0.05, 0) is 51.4 Å². The summed E-state index contributed by atoms with van der Waals surface area (Å²) in [5.74, 6) is -1.96. The zero-order chi connectivity index (χ0) is 27.2. The Balaban J connectivity index is 4.76. The molecule has 8 heteroatoms. The highest BCUT2D eigenvalue weighted by Crippen LogP contribution is 2.22. The maximum atomic E-state index is 11.7. The fourth-order valence-electron chi connectivity index (χ4n) is 4.42. The van der Waals surface area contributed by atoms with Crippen molar-refractivity contribution in [3.05, 3.63) is 0 Å². The van der Waals surface area contributed by atoms with Crippen molar-refractivity contribution < 1.29 is 38.5 Å². The minimum Gasteiger partial charge on any atom is -0.481 e. The van der Waals surface area contributed by atoms with Crippen molar-refractivity contribution in [1.29, 1.82) is 0 Å². The number of hydrogen-bond donors (Lipinski definition) is 1. The highest BCUT2D eigenvalue weighted by atomic mass is 16.6. The molecule has 0 aliphatic heterocycles.